The molecule has 1 aromatic heterocycles. The second-order valence-corrected chi connectivity index (χ2v) is 6.19. The van der Waals surface area contributed by atoms with Crippen molar-refractivity contribution in [3.05, 3.63) is 60.3 Å². The second-order valence-electron chi connectivity index (χ2n) is 6.19. The molecule has 3 rings (SSSR count). The first kappa shape index (κ1) is 21.6. The Balaban J connectivity index is 1.54. The number of para-hydroxylation sites is 1. The minimum Gasteiger partial charge on any atom is -0.493 e. The van der Waals surface area contributed by atoms with Crippen LogP contribution >= 0.6 is 0 Å². The lowest BCUT2D eigenvalue weighted by Gasteiger charge is -2.10. The van der Waals surface area contributed by atoms with E-state index in [2.05, 4.69) is 20.2 Å². The number of benzene rings is 2. The third-order valence-electron chi connectivity index (χ3n) is 4.12. The smallest absolute Gasteiger partial charge is 0.343 e. The Morgan fingerprint density at radius 1 is 1.00 bits per heavy atom. The fourth-order valence-corrected chi connectivity index (χ4v) is 2.63. The first-order chi connectivity index (χ1) is 15.1. The van der Waals surface area contributed by atoms with Gasteiger partial charge in [0.1, 0.15) is 11.3 Å². The molecule has 0 aliphatic rings. The van der Waals surface area contributed by atoms with Crippen molar-refractivity contribution in [3.8, 4) is 17.2 Å². The number of ether oxygens (including phenoxy) is 4. The number of nitrogens with one attached hydrogen (secondary N) is 1. The number of amides is 1. The molecule has 1 N–H and O–H groups in total. The average Bonchev–Trinajstić information content (AvgIpc) is 2.81. The largest absolute Gasteiger partial charge is 0.493 e. The molecule has 0 unspecified atom stereocenters. The quantitative estimate of drug-likeness (QED) is 0.320. The summed E-state index contributed by atoms with van der Waals surface area (Å²) < 4.78 is 20.7. The minimum absolute atomic E-state index is 0.212. The Labute approximate surface area is 178 Å². The lowest BCUT2D eigenvalue weighted by molar-refractivity contribution is -0.142. The zero-order valence-corrected chi connectivity index (χ0v) is 17.0. The molecule has 0 bridgehead atoms. The molecule has 1 heterocycles. The van der Waals surface area contributed by atoms with Gasteiger partial charge < -0.3 is 18.9 Å². The molecule has 0 radical (unpaired) electrons. The topological polar surface area (TPSA) is 108 Å². The number of aromatic nitrogens is 1. The van der Waals surface area contributed by atoms with Gasteiger partial charge in [-0.05, 0) is 35.9 Å². The Kier molecular flexibility index (Phi) is 7.36. The number of hydrogen-bond acceptors (Lipinski definition) is 8. The molecule has 9 heteroatoms. The highest BCUT2D eigenvalue weighted by molar-refractivity contribution is 5.86. The van der Waals surface area contributed by atoms with Crippen LogP contribution in [0.4, 0.5) is 0 Å². The Hall–Kier alpha value is -4.14. The lowest BCUT2D eigenvalue weighted by atomic mass is 10.2. The molecule has 1 amide bonds. The lowest BCUT2D eigenvalue weighted by Crippen LogP contribution is -2.24. The third-order valence-corrected chi connectivity index (χ3v) is 4.12. The van der Waals surface area contributed by atoms with Gasteiger partial charge in [-0.25, -0.2) is 10.2 Å². The zero-order valence-electron chi connectivity index (χ0n) is 17.0. The van der Waals surface area contributed by atoms with Gasteiger partial charge in [0.2, 0.25) is 0 Å². The summed E-state index contributed by atoms with van der Waals surface area (Å²) >= 11 is 0. The molecule has 0 atom stereocenters. The monoisotopic (exact) mass is 423 g/mol. The number of carbonyl (C=O) groups excluding carboxylic acids is 2. The van der Waals surface area contributed by atoms with Crippen LogP contribution in [0.2, 0.25) is 0 Å². The van der Waals surface area contributed by atoms with Crippen molar-refractivity contribution in [2.24, 2.45) is 5.10 Å². The van der Waals surface area contributed by atoms with Crippen molar-refractivity contribution in [2.45, 2.75) is 0 Å². The number of rotatable bonds is 9. The van der Waals surface area contributed by atoms with Gasteiger partial charge in [0.15, 0.2) is 24.7 Å². The average molecular weight is 423 g/mol. The Bertz CT molecular complexity index is 1090. The van der Waals surface area contributed by atoms with E-state index in [0.717, 1.165) is 5.39 Å². The second kappa shape index (κ2) is 10.6. The van der Waals surface area contributed by atoms with E-state index < -0.39 is 11.9 Å². The molecular weight excluding hydrogens is 402 g/mol. The molecule has 31 heavy (non-hydrogen) atoms. The fourth-order valence-electron chi connectivity index (χ4n) is 2.63. The van der Waals surface area contributed by atoms with Crippen LogP contribution in [0.25, 0.3) is 10.9 Å². The van der Waals surface area contributed by atoms with Crippen molar-refractivity contribution >= 4 is 29.0 Å². The molecule has 0 aliphatic carbocycles. The molecule has 0 saturated carbocycles. The SMILES string of the molecule is COC(=O)COc1ccc(/C=N\NC(=O)COc2cccc3cccnc23)cc1OC. The third kappa shape index (κ3) is 5.92. The summed E-state index contributed by atoms with van der Waals surface area (Å²) in [7, 11) is 2.75. The number of esters is 1. The van der Waals surface area contributed by atoms with Crippen LogP contribution in [-0.4, -0.2) is 50.5 Å². The first-order valence-electron chi connectivity index (χ1n) is 9.27. The first-order valence-corrected chi connectivity index (χ1v) is 9.27. The van der Waals surface area contributed by atoms with Crippen LogP contribution in [0.1, 0.15) is 5.56 Å². The maximum Gasteiger partial charge on any atom is 0.343 e. The Morgan fingerprint density at radius 2 is 1.81 bits per heavy atom. The summed E-state index contributed by atoms with van der Waals surface area (Å²) in [5.74, 6) is 0.382. The van der Waals surface area contributed by atoms with Crippen molar-refractivity contribution in [2.75, 3.05) is 27.4 Å². The highest BCUT2D eigenvalue weighted by atomic mass is 16.6. The number of carbonyl (C=O) groups is 2. The maximum atomic E-state index is 12.0. The zero-order chi connectivity index (χ0) is 22.1. The van der Waals surface area contributed by atoms with E-state index in [0.29, 0.717) is 28.3 Å². The standard InChI is InChI=1S/C22H21N3O6/c1-28-19-11-15(8-9-17(19)31-14-21(27)29-2)12-24-25-20(26)13-30-18-7-3-5-16-6-4-10-23-22(16)18/h3-12H,13-14H2,1-2H3,(H,25,26)/b24-12-. The minimum atomic E-state index is -0.503. The highest BCUT2D eigenvalue weighted by Crippen LogP contribution is 2.27. The van der Waals surface area contributed by atoms with Crippen molar-refractivity contribution in [1.29, 1.82) is 0 Å². The summed E-state index contributed by atoms with van der Waals surface area (Å²) in [4.78, 5) is 27.5. The molecule has 0 aliphatic heterocycles. The van der Waals surface area contributed by atoms with Crippen LogP contribution < -0.4 is 19.6 Å². The Morgan fingerprint density at radius 3 is 2.61 bits per heavy atom. The van der Waals surface area contributed by atoms with E-state index in [1.165, 1.54) is 20.4 Å². The predicted molar refractivity (Wildman–Crippen MR) is 113 cm³/mol. The van der Waals surface area contributed by atoms with Gasteiger partial charge in [-0.2, -0.15) is 5.10 Å². The van der Waals surface area contributed by atoms with Crippen LogP contribution in [0.15, 0.2) is 59.8 Å². The summed E-state index contributed by atoms with van der Waals surface area (Å²) in [6.07, 6.45) is 3.11. The van der Waals surface area contributed by atoms with Gasteiger partial charge in [-0.1, -0.05) is 18.2 Å². The van der Waals surface area contributed by atoms with E-state index in [1.54, 1.807) is 30.5 Å². The highest BCUT2D eigenvalue weighted by Gasteiger charge is 2.09. The van der Waals surface area contributed by atoms with Gasteiger partial charge in [0.05, 0.1) is 20.4 Å². The molecular formula is C22H21N3O6. The van der Waals surface area contributed by atoms with Gasteiger partial charge in [-0.15, -0.1) is 0 Å². The van der Waals surface area contributed by atoms with Gasteiger partial charge in [0.25, 0.3) is 5.91 Å². The van der Waals surface area contributed by atoms with Crippen LogP contribution in [0.5, 0.6) is 17.2 Å². The summed E-state index contributed by atoms with van der Waals surface area (Å²) in [5.41, 5.74) is 3.74. The summed E-state index contributed by atoms with van der Waals surface area (Å²) in [6, 6.07) is 14.2. The number of nitrogens with zero attached hydrogens (tertiary/aromatic N) is 2. The van der Waals surface area contributed by atoms with E-state index in [4.69, 9.17) is 14.2 Å². The van der Waals surface area contributed by atoms with E-state index in [9.17, 15) is 9.59 Å². The van der Waals surface area contributed by atoms with Crippen LogP contribution in [0.3, 0.4) is 0 Å². The number of hydrazone groups is 1. The normalized spacial score (nSPS) is 10.6. The molecule has 9 nitrogen and oxygen atoms in total. The van der Waals surface area contributed by atoms with Crippen LogP contribution in [0, 0.1) is 0 Å². The van der Waals surface area contributed by atoms with Crippen molar-refractivity contribution < 1.29 is 28.5 Å². The van der Waals surface area contributed by atoms with E-state index in [-0.39, 0.29) is 13.2 Å². The van der Waals surface area contributed by atoms with Gasteiger partial charge >= 0.3 is 5.97 Å². The van der Waals surface area contributed by atoms with E-state index in [1.807, 2.05) is 24.3 Å². The number of pyridine rings is 1. The van der Waals surface area contributed by atoms with Crippen molar-refractivity contribution in [3.63, 3.8) is 0 Å². The summed E-state index contributed by atoms with van der Waals surface area (Å²) in [5, 5.41) is 4.84. The molecule has 0 spiro atoms. The van der Waals surface area contributed by atoms with E-state index >= 15 is 0 Å². The fraction of sp³-hybridized carbons (Fsp3) is 0.182. The van der Waals surface area contributed by atoms with Crippen molar-refractivity contribution in [1.82, 2.24) is 10.4 Å². The number of hydrogen-bond donors (Lipinski definition) is 1. The molecule has 3 aromatic rings. The maximum absolute atomic E-state index is 12.0. The van der Waals surface area contributed by atoms with Gasteiger partial charge in [0, 0.05) is 11.6 Å². The van der Waals surface area contributed by atoms with Gasteiger partial charge in [-0.3, -0.25) is 9.78 Å². The molecule has 160 valence electrons. The number of methoxy groups -OCH3 is 2. The summed E-state index contributed by atoms with van der Waals surface area (Å²) in [6.45, 7) is -0.445. The number of fused-ring (bicyclic) bond motifs is 1. The molecule has 0 saturated heterocycles. The predicted octanol–water partition coefficient (Wildman–Crippen LogP) is 2.32. The van der Waals surface area contributed by atoms with Crippen LogP contribution in [-0.2, 0) is 14.3 Å². The molecule has 0 fully saturated rings. The molecule has 2 aromatic carbocycles.